The van der Waals surface area contributed by atoms with E-state index in [0.717, 1.165) is 12.2 Å². The van der Waals surface area contributed by atoms with Crippen molar-refractivity contribution in [3.63, 3.8) is 0 Å². The molecular weight excluding hydrogens is 279 g/mol. The van der Waals surface area contributed by atoms with Crippen molar-refractivity contribution < 1.29 is 13.2 Å². The van der Waals surface area contributed by atoms with Crippen LogP contribution in [0.5, 0.6) is 0 Å². The van der Waals surface area contributed by atoms with Crippen LogP contribution in [0.15, 0.2) is 18.2 Å². The molecule has 0 unspecified atom stereocenters. The van der Waals surface area contributed by atoms with Crippen LogP contribution in [-0.2, 0) is 6.54 Å². The van der Waals surface area contributed by atoms with E-state index in [-0.39, 0.29) is 0 Å². The lowest BCUT2D eigenvalue weighted by atomic mass is 10.2. The Morgan fingerprint density at radius 2 is 2.00 bits per heavy atom. The summed E-state index contributed by atoms with van der Waals surface area (Å²) in [6, 6.07) is 5.22. The third kappa shape index (κ3) is 7.32. The van der Waals surface area contributed by atoms with Crippen molar-refractivity contribution in [2.75, 3.05) is 24.5 Å². The molecule has 1 aromatic rings. The van der Waals surface area contributed by atoms with Crippen LogP contribution in [0.25, 0.3) is 0 Å². The largest absolute Gasteiger partial charge is 0.405 e. The zero-order chi connectivity index (χ0) is 15.9. The maximum absolute atomic E-state index is 12.6. The third-order valence-corrected chi connectivity index (χ3v) is 2.84. The monoisotopic (exact) mass is 303 g/mol. The molecule has 0 bridgehead atoms. The lowest BCUT2D eigenvalue weighted by molar-refractivity contribution is -0.119. The van der Waals surface area contributed by atoms with Gasteiger partial charge in [0.05, 0.1) is 5.69 Å². The van der Waals surface area contributed by atoms with Gasteiger partial charge in [-0.15, -0.1) is 0 Å². The lowest BCUT2D eigenvalue weighted by Gasteiger charge is -2.24. The summed E-state index contributed by atoms with van der Waals surface area (Å²) in [7, 11) is 0. The summed E-state index contributed by atoms with van der Waals surface area (Å²) in [6.45, 7) is 6.86. The number of halogens is 3. The van der Waals surface area contributed by atoms with Crippen LogP contribution in [0.2, 0.25) is 0 Å². The van der Waals surface area contributed by atoms with Gasteiger partial charge in [-0.25, -0.2) is 4.98 Å². The zero-order valence-electron chi connectivity index (χ0n) is 12.9. The van der Waals surface area contributed by atoms with E-state index in [4.69, 9.17) is 0 Å². The number of aromatic nitrogens is 1. The molecule has 1 rings (SSSR count). The molecule has 6 heteroatoms. The Morgan fingerprint density at radius 3 is 2.57 bits per heavy atom. The molecule has 3 nitrogen and oxygen atoms in total. The molecule has 0 spiro atoms. The lowest BCUT2D eigenvalue weighted by Crippen LogP contribution is -2.35. The van der Waals surface area contributed by atoms with Gasteiger partial charge in [-0.05, 0) is 31.0 Å². The first-order chi connectivity index (χ1) is 9.81. The molecule has 0 aliphatic heterocycles. The van der Waals surface area contributed by atoms with Crippen molar-refractivity contribution in [3.8, 4) is 0 Å². The van der Waals surface area contributed by atoms with Crippen molar-refractivity contribution in [3.05, 3.63) is 23.9 Å². The molecule has 0 radical (unpaired) electrons. The quantitative estimate of drug-likeness (QED) is 0.795. The fourth-order valence-corrected chi connectivity index (χ4v) is 1.99. The molecule has 0 fully saturated rings. The number of pyridine rings is 1. The fourth-order valence-electron chi connectivity index (χ4n) is 1.99. The molecule has 0 saturated heterocycles. The van der Waals surface area contributed by atoms with Crippen LogP contribution in [0, 0.1) is 5.92 Å². The SMILES string of the molecule is CCCN(CC(F)(F)F)c1cccc(CNCC(C)C)n1. The van der Waals surface area contributed by atoms with Crippen LogP contribution in [0.3, 0.4) is 0 Å². The molecule has 0 saturated carbocycles. The third-order valence-electron chi connectivity index (χ3n) is 2.84. The Hall–Kier alpha value is -1.30. The highest BCUT2D eigenvalue weighted by atomic mass is 19.4. The van der Waals surface area contributed by atoms with Gasteiger partial charge in [-0.2, -0.15) is 13.2 Å². The van der Waals surface area contributed by atoms with E-state index in [1.807, 2.05) is 13.0 Å². The van der Waals surface area contributed by atoms with Crippen LogP contribution in [0.1, 0.15) is 32.9 Å². The van der Waals surface area contributed by atoms with Gasteiger partial charge in [0.1, 0.15) is 12.4 Å². The number of hydrogen-bond donors (Lipinski definition) is 1. The summed E-state index contributed by atoms with van der Waals surface area (Å²) in [5.41, 5.74) is 0.761. The van der Waals surface area contributed by atoms with Gasteiger partial charge in [-0.1, -0.05) is 26.8 Å². The summed E-state index contributed by atoms with van der Waals surface area (Å²) in [5, 5.41) is 3.24. The van der Waals surface area contributed by atoms with Gasteiger partial charge in [-0.3, -0.25) is 0 Å². The number of nitrogens with zero attached hydrogens (tertiary/aromatic N) is 2. The molecule has 1 aromatic heterocycles. The minimum absolute atomic E-state index is 0.343. The van der Waals surface area contributed by atoms with Crippen molar-refractivity contribution in [1.82, 2.24) is 10.3 Å². The maximum Gasteiger partial charge on any atom is 0.405 e. The summed E-state index contributed by atoms with van der Waals surface area (Å²) < 4.78 is 37.9. The average Bonchev–Trinajstić information content (AvgIpc) is 2.37. The molecule has 21 heavy (non-hydrogen) atoms. The molecular formula is C15H24F3N3. The summed E-state index contributed by atoms with van der Waals surface area (Å²) in [6.07, 6.45) is -3.57. The van der Waals surface area contributed by atoms with E-state index in [9.17, 15) is 13.2 Å². The standard InChI is InChI=1S/C15H24F3N3/c1-4-8-21(11-15(16,17)18)14-7-5-6-13(20-14)10-19-9-12(2)3/h5-7,12,19H,4,8-11H2,1-3H3. The minimum Gasteiger partial charge on any atom is -0.348 e. The van der Waals surface area contributed by atoms with Crippen molar-refractivity contribution in [2.45, 2.75) is 39.9 Å². The first-order valence-electron chi connectivity index (χ1n) is 7.30. The Balaban J connectivity index is 2.74. The van der Waals surface area contributed by atoms with Gasteiger partial charge in [0.2, 0.25) is 0 Å². The molecule has 0 aliphatic rings. The molecule has 0 amide bonds. The highest BCUT2D eigenvalue weighted by Gasteiger charge is 2.31. The van der Waals surface area contributed by atoms with E-state index in [1.165, 1.54) is 4.90 Å². The number of anilines is 1. The summed E-state index contributed by atoms with van der Waals surface area (Å²) >= 11 is 0. The number of alkyl halides is 3. The highest BCUT2D eigenvalue weighted by Crippen LogP contribution is 2.21. The van der Waals surface area contributed by atoms with E-state index < -0.39 is 12.7 Å². The molecule has 120 valence electrons. The van der Waals surface area contributed by atoms with E-state index >= 15 is 0 Å². The van der Waals surface area contributed by atoms with Crippen molar-refractivity contribution >= 4 is 5.82 Å². The van der Waals surface area contributed by atoms with Gasteiger partial charge in [0, 0.05) is 13.1 Å². The van der Waals surface area contributed by atoms with Crippen LogP contribution in [0.4, 0.5) is 19.0 Å². The number of nitrogens with one attached hydrogen (secondary N) is 1. The van der Waals surface area contributed by atoms with E-state index in [0.29, 0.717) is 31.2 Å². The fraction of sp³-hybridized carbons (Fsp3) is 0.667. The van der Waals surface area contributed by atoms with E-state index in [2.05, 4.69) is 24.1 Å². The van der Waals surface area contributed by atoms with Crippen LogP contribution in [-0.4, -0.2) is 30.8 Å². The topological polar surface area (TPSA) is 28.2 Å². The number of rotatable bonds is 8. The minimum atomic E-state index is -4.22. The first kappa shape index (κ1) is 17.8. The summed E-state index contributed by atoms with van der Waals surface area (Å²) in [4.78, 5) is 5.62. The van der Waals surface area contributed by atoms with Gasteiger partial charge in [0.15, 0.2) is 0 Å². The van der Waals surface area contributed by atoms with Gasteiger partial charge >= 0.3 is 6.18 Å². The maximum atomic E-state index is 12.6. The molecule has 1 N–H and O–H groups in total. The molecule has 0 atom stereocenters. The molecule has 0 aromatic carbocycles. The average molecular weight is 303 g/mol. The van der Waals surface area contributed by atoms with Crippen molar-refractivity contribution in [2.24, 2.45) is 5.92 Å². The second kappa shape index (κ2) is 8.22. The predicted octanol–water partition coefficient (Wildman–Crippen LogP) is 3.61. The van der Waals surface area contributed by atoms with Crippen LogP contribution < -0.4 is 10.2 Å². The smallest absolute Gasteiger partial charge is 0.348 e. The van der Waals surface area contributed by atoms with E-state index in [1.54, 1.807) is 12.1 Å². The van der Waals surface area contributed by atoms with Crippen molar-refractivity contribution in [1.29, 1.82) is 0 Å². The second-order valence-electron chi connectivity index (χ2n) is 5.55. The Labute approximate surface area is 124 Å². The van der Waals surface area contributed by atoms with Gasteiger partial charge in [0.25, 0.3) is 0 Å². The molecule has 1 heterocycles. The zero-order valence-corrected chi connectivity index (χ0v) is 12.9. The normalized spacial score (nSPS) is 12.0. The van der Waals surface area contributed by atoms with Gasteiger partial charge < -0.3 is 10.2 Å². The second-order valence-corrected chi connectivity index (χ2v) is 5.55. The Bertz CT molecular complexity index is 419. The highest BCUT2D eigenvalue weighted by molar-refractivity contribution is 5.39. The summed E-state index contributed by atoms with van der Waals surface area (Å²) in [5.74, 6) is 0.910. The first-order valence-corrected chi connectivity index (χ1v) is 7.30. The Morgan fingerprint density at radius 1 is 1.29 bits per heavy atom. The predicted molar refractivity (Wildman–Crippen MR) is 79.3 cm³/mol. The Kier molecular flexibility index (Phi) is 6.95. The number of hydrogen-bond acceptors (Lipinski definition) is 3. The molecule has 0 aliphatic carbocycles. The van der Waals surface area contributed by atoms with Crippen LogP contribution >= 0.6 is 0 Å².